The van der Waals surface area contributed by atoms with Crippen molar-refractivity contribution in [2.75, 3.05) is 0 Å². The van der Waals surface area contributed by atoms with Crippen molar-refractivity contribution in [3.63, 3.8) is 0 Å². The molecule has 176 valence electrons. The Labute approximate surface area is 206 Å². The number of fused-ring (bicyclic) bond motifs is 3. The highest BCUT2D eigenvalue weighted by atomic mass is 19.1. The van der Waals surface area contributed by atoms with Gasteiger partial charge >= 0.3 is 0 Å². The number of hydrogen-bond donors (Lipinski definition) is 0. The maximum absolute atomic E-state index is 15.3. The number of furan rings is 1. The summed E-state index contributed by atoms with van der Waals surface area (Å²) in [6, 6.07) is 20.5. The lowest BCUT2D eigenvalue weighted by Gasteiger charge is -2.22. The first-order valence-corrected chi connectivity index (χ1v) is 12.7. The van der Waals surface area contributed by atoms with E-state index in [9.17, 15) is 0 Å². The molecule has 35 heavy (non-hydrogen) atoms. The summed E-state index contributed by atoms with van der Waals surface area (Å²) in [5, 5.41) is 1.96. The molecule has 0 aliphatic heterocycles. The lowest BCUT2D eigenvalue weighted by atomic mass is 9.83. The van der Waals surface area contributed by atoms with Crippen LogP contribution in [0.5, 0.6) is 0 Å². The zero-order chi connectivity index (χ0) is 24.1. The summed E-state index contributed by atoms with van der Waals surface area (Å²) in [6.45, 7) is 4.21. The largest absolute Gasteiger partial charge is 0.454 e. The van der Waals surface area contributed by atoms with E-state index in [4.69, 9.17) is 4.42 Å². The van der Waals surface area contributed by atoms with Crippen LogP contribution in [0.2, 0.25) is 0 Å². The third kappa shape index (κ3) is 3.74. The van der Waals surface area contributed by atoms with Crippen LogP contribution in [0.1, 0.15) is 54.7 Å². The molecule has 0 amide bonds. The summed E-state index contributed by atoms with van der Waals surface area (Å²) in [6.07, 6.45) is 8.54. The zero-order valence-corrected chi connectivity index (χ0v) is 20.7. The van der Waals surface area contributed by atoms with Gasteiger partial charge in [-0.05, 0) is 67.0 Å². The minimum absolute atomic E-state index is 0.249. The maximum atomic E-state index is 15.3. The van der Waals surface area contributed by atoms with Crippen molar-refractivity contribution in [3.05, 3.63) is 89.4 Å². The molecule has 1 fully saturated rings. The minimum atomic E-state index is -0.249. The topological polar surface area (TPSA) is 17.0 Å². The zero-order valence-electron chi connectivity index (χ0n) is 20.7. The lowest BCUT2D eigenvalue weighted by molar-refractivity contribution is -0.660. The van der Waals surface area contributed by atoms with Crippen LogP contribution in [0.15, 0.2) is 71.3 Å². The Morgan fingerprint density at radius 2 is 1.49 bits per heavy atom. The molecular weight excluding hydrogens is 433 g/mol. The van der Waals surface area contributed by atoms with Crippen LogP contribution in [0, 0.1) is 19.7 Å². The molecule has 2 aromatic heterocycles. The van der Waals surface area contributed by atoms with E-state index in [1.165, 1.54) is 43.2 Å². The van der Waals surface area contributed by atoms with Gasteiger partial charge in [-0.1, -0.05) is 55.7 Å². The first-order valence-electron chi connectivity index (χ1n) is 12.7. The van der Waals surface area contributed by atoms with E-state index in [-0.39, 0.29) is 5.82 Å². The van der Waals surface area contributed by atoms with Gasteiger partial charge in [-0.3, -0.25) is 0 Å². The van der Waals surface area contributed by atoms with Crippen LogP contribution in [0.4, 0.5) is 4.39 Å². The average molecular weight is 465 g/mol. The normalized spacial score (nSPS) is 14.7. The number of pyridine rings is 1. The van der Waals surface area contributed by atoms with Gasteiger partial charge in [0.15, 0.2) is 6.20 Å². The molecule has 0 radical (unpaired) electrons. The molecule has 2 nitrogen and oxygen atoms in total. The van der Waals surface area contributed by atoms with Crippen LogP contribution >= 0.6 is 0 Å². The molecule has 0 atom stereocenters. The molecule has 0 N–H and O–H groups in total. The van der Waals surface area contributed by atoms with Gasteiger partial charge in [-0.25, -0.2) is 8.96 Å². The first kappa shape index (κ1) is 22.0. The van der Waals surface area contributed by atoms with Gasteiger partial charge in [0.1, 0.15) is 24.0 Å². The van der Waals surface area contributed by atoms with Gasteiger partial charge in [0.25, 0.3) is 0 Å². The van der Waals surface area contributed by atoms with Crippen LogP contribution in [0.25, 0.3) is 44.3 Å². The van der Waals surface area contributed by atoms with Crippen LogP contribution < -0.4 is 4.57 Å². The Balaban J connectivity index is 1.55. The number of benzene rings is 3. The van der Waals surface area contributed by atoms with Crippen molar-refractivity contribution >= 4 is 21.9 Å². The Hall–Kier alpha value is -3.46. The van der Waals surface area contributed by atoms with E-state index >= 15 is 4.39 Å². The van der Waals surface area contributed by atoms with Crippen molar-refractivity contribution in [1.29, 1.82) is 0 Å². The Morgan fingerprint density at radius 1 is 0.800 bits per heavy atom. The third-order valence-corrected chi connectivity index (χ3v) is 7.80. The molecule has 1 aliphatic carbocycles. The maximum Gasteiger partial charge on any atom is 0.216 e. The fourth-order valence-corrected chi connectivity index (χ4v) is 5.85. The van der Waals surface area contributed by atoms with Gasteiger partial charge in [0, 0.05) is 22.9 Å². The van der Waals surface area contributed by atoms with Gasteiger partial charge in [0.05, 0.1) is 11.1 Å². The summed E-state index contributed by atoms with van der Waals surface area (Å²) in [4.78, 5) is 0. The summed E-state index contributed by atoms with van der Waals surface area (Å²) in [5.74, 6) is 0.381. The molecule has 5 aromatic rings. The van der Waals surface area contributed by atoms with Crippen molar-refractivity contribution in [3.8, 4) is 22.4 Å². The molecule has 1 aliphatic rings. The Kier molecular flexibility index (Phi) is 5.44. The van der Waals surface area contributed by atoms with E-state index in [1.807, 2.05) is 6.07 Å². The molecular formula is C32H31FNO+. The highest BCUT2D eigenvalue weighted by molar-refractivity contribution is 6.13. The first-order chi connectivity index (χ1) is 17.0. The van der Waals surface area contributed by atoms with E-state index in [0.29, 0.717) is 17.1 Å². The third-order valence-electron chi connectivity index (χ3n) is 7.80. The fourth-order valence-electron chi connectivity index (χ4n) is 5.85. The average Bonchev–Trinajstić information content (AvgIpc) is 3.24. The van der Waals surface area contributed by atoms with Gasteiger partial charge < -0.3 is 4.42 Å². The second-order valence-electron chi connectivity index (χ2n) is 10.2. The second kappa shape index (κ2) is 8.64. The number of hydrogen-bond acceptors (Lipinski definition) is 1. The molecule has 0 saturated heterocycles. The molecule has 1 saturated carbocycles. The van der Waals surface area contributed by atoms with Crippen LogP contribution in [0.3, 0.4) is 0 Å². The highest BCUT2D eigenvalue weighted by Crippen LogP contribution is 2.42. The lowest BCUT2D eigenvalue weighted by Crippen LogP contribution is -2.30. The highest BCUT2D eigenvalue weighted by Gasteiger charge is 2.23. The Bertz CT molecular complexity index is 1560. The standard InChI is InChI=1S/C32H31FNO/c1-20-17-18-34(3)28(19-20)29-21(2)9-14-25-26-15-16-27(33)30(32(26)35-31(25)29)24-12-10-23(11-13-24)22-7-5-4-6-8-22/h9-19,22H,4-8H2,1-3H3/q+1. The number of aromatic nitrogens is 1. The summed E-state index contributed by atoms with van der Waals surface area (Å²) in [7, 11) is 2.05. The molecule has 2 heterocycles. The SMILES string of the molecule is Cc1cc[n+](C)c(-c2c(C)ccc3c2oc2c(-c4ccc(C5CCCCC5)cc4)c(F)ccc23)c1. The predicted octanol–water partition coefficient (Wildman–Crippen LogP) is 8.55. The smallest absolute Gasteiger partial charge is 0.216 e. The molecule has 6 rings (SSSR count). The van der Waals surface area contributed by atoms with E-state index in [2.05, 4.69) is 80.2 Å². The number of halogens is 1. The molecule has 0 bridgehead atoms. The fraction of sp³-hybridized carbons (Fsp3) is 0.281. The summed E-state index contributed by atoms with van der Waals surface area (Å²) >= 11 is 0. The van der Waals surface area contributed by atoms with Crippen molar-refractivity contribution in [2.24, 2.45) is 7.05 Å². The predicted molar refractivity (Wildman–Crippen MR) is 141 cm³/mol. The summed E-state index contributed by atoms with van der Waals surface area (Å²) in [5.41, 5.74) is 8.69. The van der Waals surface area contributed by atoms with E-state index < -0.39 is 0 Å². The number of aryl methyl sites for hydroxylation is 3. The molecule has 3 heteroatoms. The van der Waals surface area contributed by atoms with Crippen molar-refractivity contribution in [2.45, 2.75) is 51.9 Å². The second-order valence-corrected chi connectivity index (χ2v) is 10.2. The Morgan fingerprint density at radius 3 is 2.23 bits per heavy atom. The molecule has 0 spiro atoms. The van der Waals surface area contributed by atoms with Gasteiger partial charge in [-0.2, -0.15) is 0 Å². The van der Waals surface area contributed by atoms with Crippen molar-refractivity contribution < 1.29 is 13.4 Å². The summed E-state index contributed by atoms with van der Waals surface area (Å²) < 4.78 is 24.0. The molecule has 3 aromatic carbocycles. The number of rotatable bonds is 3. The minimum Gasteiger partial charge on any atom is -0.454 e. The van der Waals surface area contributed by atoms with Crippen LogP contribution in [-0.2, 0) is 7.05 Å². The van der Waals surface area contributed by atoms with Crippen LogP contribution in [-0.4, -0.2) is 0 Å². The monoisotopic (exact) mass is 464 g/mol. The number of nitrogens with zero attached hydrogens (tertiary/aromatic N) is 1. The van der Waals surface area contributed by atoms with Crippen molar-refractivity contribution in [1.82, 2.24) is 0 Å². The van der Waals surface area contributed by atoms with Gasteiger partial charge in [-0.15, -0.1) is 0 Å². The quantitative estimate of drug-likeness (QED) is 0.244. The molecule has 0 unspecified atom stereocenters. The van der Waals surface area contributed by atoms with E-state index in [0.717, 1.165) is 38.7 Å². The van der Waals surface area contributed by atoms with E-state index in [1.54, 1.807) is 6.07 Å². The van der Waals surface area contributed by atoms with Gasteiger partial charge in [0.2, 0.25) is 5.69 Å².